The highest BCUT2D eigenvalue weighted by molar-refractivity contribution is 14.1. The molecule has 0 spiro atoms. The van der Waals surface area contributed by atoms with Gasteiger partial charge in [-0.25, -0.2) is 8.42 Å². The maximum atomic E-state index is 11.5. The summed E-state index contributed by atoms with van der Waals surface area (Å²) < 4.78 is 24.2. The smallest absolute Gasteiger partial charge is 0.154 e. The van der Waals surface area contributed by atoms with E-state index in [9.17, 15) is 8.42 Å². The van der Waals surface area contributed by atoms with Crippen LogP contribution in [0.25, 0.3) is 0 Å². The van der Waals surface area contributed by atoms with Crippen molar-refractivity contribution in [2.24, 2.45) is 0 Å². The van der Waals surface area contributed by atoms with Gasteiger partial charge in [-0.3, -0.25) is 0 Å². The molecule has 0 saturated heterocycles. The Morgan fingerprint density at radius 3 is 2.31 bits per heavy atom. The number of rotatable bonds is 5. The van der Waals surface area contributed by atoms with Crippen LogP contribution in [-0.2, 0) is 9.84 Å². The van der Waals surface area contributed by atoms with Crippen molar-refractivity contribution >= 4 is 38.1 Å². The van der Waals surface area contributed by atoms with Gasteiger partial charge in [-0.1, -0.05) is 0 Å². The van der Waals surface area contributed by atoms with Gasteiger partial charge in [-0.15, -0.1) is 0 Å². The van der Waals surface area contributed by atoms with Gasteiger partial charge < -0.3 is 5.32 Å². The predicted molar refractivity (Wildman–Crippen MR) is 76.6 cm³/mol. The van der Waals surface area contributed by atoms with E-state index in [1.165, 1.54) is 0 Å². The third kappa shape index (κ3) is 4.29. The number of hydrogen-bond donors (Lipinski definition) is 1. The highest BCUT2D eigenvalue weighted by atomic mass is 127. The van der Waals surface area contributed by atoms with Crippen LogP contribution in [0.15, 0.2) is 24.3 Å². The van der Waals surface area contributed by atoms with Crippen LogP contribution in [0.4, 0.5) is 5.69 Å². The predicted octanol–water partition coefficient (Wildman–Crippen LogP) is 2.53. The van der Waals surface area contributed by atoms with Gasteiger partial charge in [0.1, 0.15) is 0 Å². The summed E-state index contributed by atoms with van der Waals surface area (Å²) in [6.45, 7) is 3.88. The summed E-state index contributed by atoms with van der Waals surface area (Å²) in [5, 5.41) is 2.80. The standard InChI is InChI=1S/C11H16INO2S/c1-9(2)16(14,15)8-7-13-11-5-3-10(12)4-6-11/h3-6,9,13H,7-8H2,1-2H3. The van der Waals surface area contributed by atoms with E-state index in [0.717, 1.165) is 9.26 Å². The van der Waals surface area contributed by atoms with Crippen molar-refractivity contribution < 1.29 is 8.42 Å². The fourth-order valence-corrected chi connectivity index (χ4v) is 2.36. The molecule has 0 aliphatic rings. The van der Waals surface area contributed by atoms with Gasteiger partial charge in [0.15, 0.2) is 9.84 Å². The summed E-state index contributed by atoms with van der Waals surface area (Å²) in [5.41, 5.74) is 0.958. The van der Waals surface area contributed by atoms with E-state index < -0.39 is 9.84 Å². The minimum Gasteiger partial charge on any atom is -0.384 e. The second kappa shape index (κ2) is 5.86. The SMILES string of the molecule is CC(C)S(=O)(=O)CCNc1ccc(I)cc1. The molecule has 1 aromatic rings. The third-order valence-corrected chi connectivity index (χ3v) is 5.21. The van der Waals surface area contributed by atoms with Crippen LogP contribution in [0.5, 0.6) is 0 Å². The number of anilines is 1. The van der Waals surface area contributed by atoms with E-state index in [-0.39, 0.29) is 11.0 Å². The molecule has 0 amide bonds. The molecule has 1 rings (SSSR count). The highest BCUT2D eigenvalue weighted by Crippen LogP contribution is 2.11. The van der Waals surface area contributed by atoms with Gasteiger partial charge in [0.2, 0.25) is 0 Å². The van der Waals surface area contributed by atoms with Gasteiger partial charge in [0.05, 0.1) is 11.0 Å². The Morgan fingerprint density at radius 1 is 1.25 bits per heavy atom. The third-order valence-electron chi connectivity index (χ3n) is 2.28. The number of halogens is 1. The van der Waals surface area contributed by atoms with Crippen LogP contribution in [0.3, 0.4) is 0 Å². The van der Waals surface area contributed by atoms with Crippen molar-refractivity contribution in [3.05, 3.63) is 27.8 Å². The quantitative estimate of drug-likeness (QED) is 0.828. The lowest BCUT2D eigenvalue weighted by Gasteiger charge is -2.09. The molecule has 0 saturated carbocycles. The van der Waals surface area contributed by atoms with Gasteiger partial charge in [0, 0.05) is 15.8 Å². The lowest BCUT2D eigenvalue weighted by atomic mass is 10.3. The van der Waals surface area contributed by atoms with Crippen LogP contribution < -0.4 is 5.32 Å². The maximum Gasteiger partial charge on any atom is 0.154 e. The van der Waals surface area contributed by atoms with Crippen molar-refractivity contribution in [1.29, 1.82) is 0 Å². The molecule has 16 heavy (non-hydrogen) atoms. The first-order valence-electron chi connectivity index (χ1n) is 5.13. The zero-order chi connectivity index (χ0) is 12.2. The van der Waals surface area contributed by atoms with Gasteiger partial charge >= 0.3 is 0 Å². The Kier molecular flexibility index (Phi) is 5.04. The number of hydrogen-bond acceptors (Lipinski definition) is 3. The zero-order valence-electron chi connectivity index (χ0n) is 9.40. The Bertz CT molecular complexity index is 426. The lowest BCUT2D eigenvalue weighted by molar-refractivity contribution is 0.588. The van der Waals surface area contributed by atoms with Crippen LogP contribution in [0.2, 0.25) is 0 Å². The molecule has 0 unspecified atom stereocenters. The highest BCUT2D eigenvalue weighted by Gasteiger charge is 2.14. The van der Waals surface area contributed by atoms with Crippen LogP contribution in [0, 0.1) is 3.57 Å². The maximum absolute atomic E-state index is 11.5. The topological polar surface area (TPSA) is 46.2 Å². The lowest BCUT2D eigenvalue weighted by Crippen LogP contribution is -2.22. The fourth-order valence-electron chi connectivity index (χ4n) is 1.14. The average molecular weight is 353 g/mol. The van der Waals surface area contributed by atoms with Crippen molar-refractivity contribution in [1.82, 2.24) is 0 Å². The van der Waals surface area contributed by atoms with E-state index in [2.05, 4.69) is 27.9 Å². The summed E-state index contributed by atoms with van der Waals surface area (Å²) in [7, 11) is -2.94. The van der Waals surface area contributed by atoms with E-state index in [1.807, 2.05) is 24.3 Å². The molecule has 3 nitrogen and oxygen atoms in total. The van der Waals surface area contributed by atoms with Gasteiger partial charge in [0.25, 0.3) is 0 Å². The van der Waals surface area contributed by atoms with E-state index in [4.69, 9.17) is 0 Å². The first-order valence-corrected chi connectivity index (χ1v) is 7.92. The molecule has 1 aromatic carbocycles. The first kappa shape index (κ1) is 13.8. The Balaban J connectivity index is 2.45. The summed E-state index contributed by atoms with van der Waals surface area (Å²) in [6, 6.07) is 7.87. The molecule has 1 N–H and O–H groups in total. The van der Waals surface area contributed by atoms with Crippen molar-refractivity contribution in [2.45, 2.75) is 19.1 Å². The summed E-state index contributed by atoms with van der Waals surface area (Å²) in [4.78, 5) is 0. The number of sulfone groups is 1. The largest absolute Gasteiger partial charge is 0.384 e. The molecule has 5 heteroatoms. The van der Waals surface area contributed by atoms with Crippen LogP contribution >= 0.6 is 22.6 Å². The monoisotopic (exact) mass is 353 g/mol. The van der Waals surface area contributed by atoms with Crippen molar-refractivity contribution in [2.75, 3.05) is 17.6 Å². The molecule has 90 valence electrons. The van der Waals surface area contributed by atoms with Crippen LogP contribution in [0.1, 0.15) is 13.8 Å². The molecule has 0 aromatic heterocycles. The second-order valence-corrected chi connectivity index (χ2v) is 7.77. The van der Waals surface area contributed by atoms with E-state index >= 15 is 0 Å². The molecule has 0 radical (unpaired) electrons. The normalized spacial score (nSPS) is 11.8. The van der Waals surface area contributed by atoms with Crippen molar-refractivity contribution in [3.63, 3.8) is 0 Å². The second-order valence-electron chi connectivity index (χ2n) is 3.85. The fraction of sp³-hybridized carbons (Fsp3) is 0.455. The summed E-state index contributed by atoms with van der Waals surface area (Å²) >= 11 is 2.23. The van der Waals surface area contributed by atoms with Crippen LogP contribution in [-0.4, -0.2) is 26.0 Å². The Morgan fingerprint density at radius 2 is 1.81 bits per heavy atom. The molecule has 0 aliphatic carbocycles. The Labute approximate surface area is 111 Å². The molecule has 0 bridgehead atoms. The minimum atomic E-state index is -2.94. The van der Waals surface area contributed by atoms with Gasteiger partial charge in [-0.05, 0) is 60.7 Å². The molecule has 0 aliphatic heterocycles. The number of benzene rings is 1. The van der Waals surface area contributed by atoms with Crippen molar-refractivity contribution in [3.8, 4) is 0 Å². The molecule has 0 heterocycles. The molecular weight excluding hydrogens is 337 g/mol. The average Bonchev–Trinajstić information content (AvgIpc) is 2.20. The molecule has 0 atom stereocenters. The van der Waals surface area contributed by atoms with E-state index in [0.29, 0.717) is 6.54 Å². The van der Waals surface area contributed by atoms with E-state index in [1.54, 1.807) is 13.8 Å². The number of nitrogens with one attached hydrogen (secondary N) is 1. The molecule has 0 fully saturated rings. The minimum absolute atomic E-state index is 0.177. The molecular formula is C11H16INO2S. The summed E-state index contributed by atoms with van der Waals surface area (Å²) in [5.74, 6) is 0.177. The first-order chi connectivity index (χ1) is 7.42. The zero-order valence-corrected chi connectivity index (χ0v) is 12.4. The van der Waals surface area contributed by atoms with Gasteiger partial charge in [-0.2, -0.15) is 0 Å². The Hall–Kier alpha value is -0.300. The summed E-state index contributed by atoms with van der Waals surface area (Å²) in [6.07, 6.45) is 0.